The summed E-state index contributed by atoms with van der Waals surface area (Å²) in [4.78, 5) is 43.7. The van der Waals surface area contributed by atoms with Crippen LogP contribution in [0.2, 0.25) is 0 Å². The Morgan fingerprint density at radius 2 is 1.82 bits per heavy atom. The molecule has 4 rings (SSSR count). The van der Waals surface area contributed by atoms with Crippen LogP contribution in [0.25, 0.3) is 0 Å². The highest BCUT2D eigenvalue weighted by atomic mass is 32.2. The number of thioether (sulfide) groups is 1. The third-order valence-corrected chi connectivity index (χ3v) is 7.58. The summed E-state index contributed by atoms with van der Waals surface area (Å²) in [6.45, 7) is 6.12. The SMILES string of the molecule is CCN(CC)C1=NC(=O)[C@H](CC(=O)Nc2cccc(C(=O)NCC3(c4ccccc4)CC3)c2)S1. The Labute approximate surface area is 204 Å². The third kappa shape index (κ3) is 5.50. The molecule has 1 heterocycles. The summed E-state index contributed by atoms with van der Waals surface area (Å²) >= 11 is 1.34. The molecule has 1 atom stereocenters. The minimum atomic E-state index is -0.519. The average molecular weight is 479 g/mol. The minimum absolute atomic E-state index is 0.0281. The van der Waals surface area contributed by atoms with Crippen LogP contribution in [-0.4, -0.2) is 52.7 Å². The Balaban J connectivity index is 1.31. The second-order valence-corrected chi connectivity index (χ2v) is 9.84. The van der Waals surface area contributed by atoms with Gasteiger partial charge in [0.2, 0.25) is 5.91 Å². The third-order valence-electron chi connectivity index (χ3n) is 6.37. The molecule has 2 aromatic rings. The maximum absolute atomic E-state index is 12.8. The van der Waals surface area contributed by atoms with Crippen LogP contribution in [0.1, 0.15) is 49.0 Å². The number of rotatable bonds is 9. The van der Waals surface area contributed by atoms with Crippen molar-refractivity contribution in [3.05, 3.63) is 65.7 Å². The largest absolute Gasteiger partial charge is 0.352 e. The number of nitrogens with zero attached hydrogens (tertiary/aromatic N) is 2. The van der Waals surface area contributed by atoms with Crippen LogP contribution in [0.4, 0.5) is 5.69 Å². The van der Waals surface area contributed by atoms with Crippen molar-refractivity contribution in [1.82, 2.24) is 10.2 Å². The minimum Gasteiger partial charge on any atom is -0.352 e. The summed E-state index contributed by atoms with van der Waals surface area (Å²) in [7, 11) is 0. The van der Waals surface area contributed by atoms with Gasteiger partial charge in [-0.2, -0.15) is 4.99 Å². The normalized spacial score (nSPS) is 18.2. The van der Waals surface area contributed by atoms with Crippen LogP contribution < -0.4 is 10.6 Å². The van der Waals surface area contributed by atoms with E-state index in [0.717, 1.165) is 25.9 Å². The Morgan fingerprint density at radius 1 is 1.09 bits per heavy atom. The molecule has 34 heavy (non-hydrogen) atoms. The second kappa shape index (κ2) is 10.4. The van der Waals surface area contributed by atoms with Crippen molar-refractivity contribution >= 4 is 40.3 Å². The monoisotopic (exact) mass is 478 g/mol. The molecule has 0 radical (unpaired) electrons. The molecule has 178 valence electrons. The zero-order valence-electron chi connectivity index (χ0n) is 19.5. The molecule has 0 aromatic heterocycles. The number of carbonyl (C=O) groups is 3. The van der Waals surface area contributed by atoms with Gasteiger partial charge in [-0.25, -0.2) is 0 Å². The summed E-state index contributed by atoms with van der Waals surface area (Å²) in [5, 5.41) is 6.03. The number of amidine groups is 1. The van der Waals surface area contributed by atoms with Crippen molar-refractivity contribution in [2.75, 3.05) is 25.0 Å². The van der Waals surface area contributed by atoms with Gasteiger partial charge < -0.3 is 15.5 Å². The number of anilines is 1. The van der Waals surface area contributed by atoms with Gasteiger partial charge in [0.1, 0.15) is 5.25 Å². The predicted molar refractivity (Wildman–Crippen MR) is 136 cm³/mol. The fourth-order valence-electron chi connectivity index (χ4n) is 4.12. The summed E-state index contributed by atoms with van der Waals surface area (Å²) in [5.41, 5.74) is 2.30. The van der Waals surface area contributed by atoms with Gasteiger partial charge in [0.05, 0.1) is 0 Å². The number of aliphatic imine (C=N–C) groups is 1. The number of amides is 3. The second-order valence-electron chi connectivity index (χ2n) is 8.67. The first-order valence-electron chi connectivity index (χ1n) is 11.7. The van der Waals surface area contributed by atoms with Crippen molar-refractivity contribution in [3.63, 3.8) is 0 Å². The van der Waals surface area contributed by atoms with Gasteiger partial charge in [0, 0.05) is 42.7 Å². The molecular formula is C26H30N4O3S. The summed E-state index contributed by atoms with van der Waals surface area (Å²) < 4.78 is 0. The summed E-state index contributed by atoms with van der Waals surface area (Å²) in [5.74, 6) is -0.722. The maximum atomic E-state index is 12.8. The lowest BCUT2D eigenvalue weighted by molar-refractivity contribution is -0.121. The molecule has 0 spiro atoms. The molecule has 2 aliphatic rings. The highest BCUT2D eigenvalue weighted by molar-refractivity contribution is 8.15. The fourth-order valence-corrected chi connectivity index (χ4v) is 5.31. The number of hydrogen-bond acceptors (Lipinski definition) is 5. The molecule has 0 unspecified atom stereocenters. The van der Waals surface area contributed by atoms with E-state index in [9.17, 15) is 14.4 Å². The maximum Gasteiger partial charge on any atom is 0.262 e. The van der Waals surface area contributed by atoms with Crippen molar-refractivity contribution in [3.8, 4) is 0 Å². The molecule has 1 aliphatic carbocycles. The van der Waals surface area contributed by atoms with Gasteiger partial charge >= 0.3 is 0 Å². The van der Waals surface area contributed by atoms with E-state index in [2.05, 4.69) is 27.8 Å². The first-order valence-corrected chi connectivity index (χ1v) is 12.6. The summed E-state index contributed by atoms with van der Waals surface area (Å²) in [6, 6.07) is 17.1. The van der Waals surface area contributed by atoms with Gasteiger partial charge in [-0.3, -0.25) is 14.4 Å². The van der Waals surface area contributed by atoms with Crippen molar-refractivity contribution in [2.24, 2.45) is 4.99 Å². The lowest BCUT2D eigenvalue weighted by Gasteiger charge is -2.19. The van der Waals surface area contributed by atoms with Gasteiger partial charge in [0.25, 0.3) is 11.8 Å². The van der Waals surface area contributed by atoms with Crippen LogP contribution in [0.5, 0.6) is 0 Å². The van der Waals surface area contributed by atoms with Gasteiger partial charge in [0.15, 0.2) is 5.17 Å². The predicted octanol–water partition coefficient (Wildman–Crippen LogP) is 3.82. The number of carbonyl (C=O) groups excluding carboxylic acids is 3. The molecule has 1 saturated carbocycles. The molecule has 2 N–H and O–H groups in total. The number of nitrogens with one attached hydrogen (secondary N) is 2. The quantitative estimate of drug-likeness (QED) is 0.572. The molecule has 8 heteroatoms. The molecule has 1 aliphatic heterocycles. The Bertz CT molecular complexity index is 1090. The standard InChI is InChI=1S/C26H30N4O3S/c1-3-30(4-2)25-29-24(33)21(34-25)16-22(31)28-20-12-8-9-18(15-20)23(32)27-17-26(13-14-26)19-10-6-5-7-11-19/h5-12,15,21H,3-4,13-14,16-17H2,1-2H3,(H,27,32)(H,28,31)/t21-/m0/s1. The number of hydrogen-bond donors (Lipinski definition) is 2. The molecule has 0 saturated heterocycles. The van der Waals surface area contributed by atoms with Gasteiger partial charge in [-0.05, 0) is 50.5 Å². The van der Waals surface area contributed by atoms with Crippen LogP contribution in [0, 0.1) is 0 Å². The molecule has 3 amide bonds. The Hall–Kier alpha value is -3.13. The molecule has 2 aromatic carbocycles. The van der Waals surface area contributed by atoms with Gasteiger partial charge in [-0.1, -0.05) is 48.2 Å². The van der Waals surface area contributed by atoms with Crippen LogP contribution in [0.15, 0.2) is 59.6 Å². The average Bonchev–Trinajstić information content (AvgIpc) is 3.56. The topological polar surface area (TPSA) is 90.9 Å². The summed E-state index contributed by atoms with van der Waals surface area (Å²) in [6.07, 6.45) is 2.16. The van der Waals surface area contributed by atoms with E-state index in [0.29, 0.717) is 23.0 Å². The van der Waals surface area contributed by atoms with E-state index in [1.165, 1.54) is 17.3 Å². The molecule has 0 bridgehead atoms. The highest BCUT2D eigenvalue weighted by Gasteiger charge is 2.44. The van der Waals surface area contributed by atoms with E-state index < -0.39 is 5.25 Å². The Kier molecular flexibility index (Phi) is 7.36. The van der Waals surface area contributed by atoms with E-state index in [4.69, 9.17) is 0 Å². The van der Waals surface area contributed by atoms with Crippen molar-refractivity contribution in [1.29, 1.82) is 0 Å². The van der Waals surface area contributed by atoms with Crippen LogP contribution >= 0.6 is 11.8 Å². The first-order chi connectivity index (χ1) is 16.4. The zero-order chi connectivity index (χ0) is 24.1. The lowest BCUT2D eigenvalue weighted by Crippen LogP contribution is -2.32. The van der Waals surface area contributed by atoms with E-state index >= 15 is 0 Å². The Morgan fingerprint density at radius 3 is 2.50 bits per heavy atom. The number of benzene rings is 2. The van der Waals surface area contributed by atoms with E-state index in [1.807, 2.05) is 36.9 Å². The first kappa shape index (κ1) is 24.0. The highest BCUT2D eigenvalue weighted by Crippen LogP contribution is 2.47. The van der Waals surface area contributed by atoms with Crippen LogP contribution in [-0.2, 0) is 15.0 Å². The molecule has 1 fully saturated rings. The van der Waals surface area contributed by atoms with E-state index in [1.54, 1.807) is 24.3 Å². The lowest BCUT2D eigenvalue weighted by atomic mass is 9.96. The van der Waals surface area contributed by atoms with Crippen LogP contribution in [0.3, 0.4) is 0 Å². The zero-order valence-corrected chi connectivity index (χ0v) is 20.4. The smallest absolute Gasteiger partial charge is 0.262 e. The van der Waals surface area contributed by atoms with E-state index in [-0.39, 0.29) is 29.6 Å². The fraction of sp³-hybridized carbons (Fsp3) is 0.385. The van der Waals surface area contributed by atoms with Crippen molar-refractivity contribution in [2.45, 2.75) is 43.8 Å². The van der Waals surface area contributed by atoms with Gasteiger partial charge in [-0.15, -0.1) is 0 Å². The van der Waals surface area contributed by atoms with Crippen molar-refractivity contribution < 1.29 is 14.4 Å². The molecule has 7 nitrogen and oxygen atoms in total. The molecular weight excluding hydrogens is 448 g/mol.